The van der Waals surface area contributed by atoms with Gasteiger partial charge in [-0.15, -0.1) is 0 Å². The lowest BCUT2D eigenvalue weighted by atomic mass is 9.99. The third-order valence-electron chi connectivity index (χ3n) is 5.00. The van der Waals surface area contributed by atoms with Crippen molar-refractivity contribution in [3.8, 4) is 11.5 Å². The van der Waals surface area contributed by atoms with Gasteiger partial charge >= 0.3 is 0 Å². The van der Waals surface area contributed by atoms with Crippen molar-refractivity contribution in [2.24, 2.45) is 5.92 Å². The maximum atomic E-state index is 12.7. The zero-order valence-electron chi connectivity index (χ0n) is 17.1. The molecule has 3 atom stereocenters. The Morgan fingerprint density at radius 2 is 1.86 bits per heavy atom. The van der Waals surface area contributed by atoms with E-state index in [1.54, 1.807) is 13.2 Å². The van der Waals surface area contributed by atoms with Crippen LogP contribution in [0.15, 0.2) is 48.5 Å². The van der Waals surface area contributed by atoms with Crippen LogP contribution in [0.25, 0.3) is 0 Å². The summed E-state index contributed by atoms with van der Waals surface area (Å²) in [5.41, 5.74) is 1.65. The van der Waals surface area contributed by atoms with Gasteiger partial charge in [-0.1, -0.05) is 50.6 Å². The first-order valence-electron chi connectivity index (χ1n) is 9.77. The summed E-state index contributed by atoms with van der Waals surface area (Å²) in [6.07, 6.45) is 1.05. The minimum atomic E-state index is -0.558. The molecule has 0 aromatic heterocycles. The van der Waals surface area contributed by atoms with Crippen LogP contribution in [-0.2, 0) is 4.79 Å². The van der Waals surface area contributed by atoms with Crippen LogP contribution in [0, 0.1) is 5.92 Å². The highest BCUT2D eigenvalue weighted by molar-refractivity contribution is 5.83. The van der Waals surface area contributed by atoms with Gasteiger partial charge in [-0.25, -0.2) is 0 Å². The van der Waals surface area contributed by atoms with Gasteiger partial charge in [0.05, 0.1) is 32.3 Å². The predicted octanol–water partition coefficient (Wildman–Crippen LogP) is 4.07. The molecule has 0 saturated carbocycles. The molecular weight excluding hydrogens is 354 g/mol. The van der Waals surface area contributed by atoms with Crippen LogP contribution >= 0.6 is 0 Å². The number of methoxy groups -OCH3 is 1. The van der Waals surface area contributed by atoms with Crippen LogP contribution in [0.1, 0.15) is 50.3 Å². The third-order valence-corrected chi connectivity index (χ3v) is 5.00. The summed E-state index contributed by atoms with van der Waals surface area (Å²) in [7, 11) is 1.57. The Morgan fingerprint density at radius 3 is 2.46 bits per heavy atom. The molecule has 2 rings (SSSR count). The largest absolute Gasteiger partial charge is 0.496 e. The van der Waals surface area contributed by atoms with Gasteiger partial charge in [0.15, 0.2) is 0 Å². The Morgan fingerprint density at radius 1 is 1.14 bits per heavy atom. The maximum Gasteiger partial charge on any atom is 0.227 e. The van der Waals surface area contributed by atoms with Crippen LogP contribution in [0.2, 0.25) is 0 Å². The molecule has 0 aliphatic rings. The minimum Gasteiger partial charge on any atom is -0.496 e. The third kappa shape index (κ3) is 5.73. The van der Waals surface area contributed by atoms with E-state index in [-0.39, 0.29) is 18.4 Å². The molecule has 0 aliphatic heterocycles. The number of benzene rings is 2. The summed E-state index contributed by atoms with van der Waals surface area (Å²) in [5.74, 6) is 1.29. The van der Waals surface area contributed by atoms with Crippen molar-refractivity contribution in [1.82, 2.24) is 5.32 Å². The molecule has 0 heterocycles. The molecular formula is C23H31NO4. The predicted molar refractivity (Wildman–Crippen MR) is 111 cm³/mol. The first kappa shape index (κ1) is 21.8. The van der Waals surface area contributed by atoms with Crippen molar-refractivity contribution >= 4 is 5.91 Å². The van der Waals surface area contributed by atoms with Gasteiger partial charge in [-0.2, -0.15) is 0 Å². The normalized spacial score (nSPS) is 14.0. The van der Waals surface area contributed by atoms with Crippen LogP contribution in [-0.4, -0.2) is 31.3 Å². The average molecular weight is 386 g/mol. The standard InChI is InChI=1S/C23H31NO4/c1-5-16(2)15-28-19-11-12-20(22(13-19)27-4)21(14-25)24-23(26)17(3)18-9-7-6-8-10-18/h6-13,16-17,21,25H,5,14-15H2,1-4H3,(H,24,26)/t16-,17-,21-/m0/s1. The molecule has 0 spiro atoms. The first-order valence-corrected chi connectivity index (χ1v) is 9.77. The van der Waals surface area contributed by atoms with Gasteiger partial charge in [0.25, 0.3) is 0 Å². The number of carbonyl (C=O) groups is 1. The summed E-state index contributed by atoms with van der Waals surface area (Å²) in [6.45, 7) is 6.52. The smallest absolute Gasteiger partial charge is 0.227 e. The van der Waals surface area contributed by atoms with Crippen molar-refractivity contribution in [2.45, 2.75) is 39.2 Å². The van der Waals surface area contributed by atoms with Crippen molar-refractivity contribution in [3.63, 3.8) is 0 Å². The van der Waals surface area contributed by atoms with Crippen LogP contribution in [0.3, 0.4) is 0 Å². The van der Waals surface area contributed by atoms with E-state index < -0.39 is 6.04 Å². The number of aliphatic hydroxyl groups excluding tert-OH is 1. The second-order valence-electron chi connectivity index (χ2n) is 7.10. The summed E-state index contributed by atoms with van der Waals surface area (Å²) >= 11 is 0. The number of nitrogens with one attached hydrogen (secondary N) is 1. The SMILES string of the molecule is CC[C@H](C)COc1ccc([C@H](CO)NC(=O)[C@@H](C)c2ccccc2)c(OC)c1. The first-order chi connectivity index (χ1) is 13.5. The Hall–Kier alpha value is -2.53. The Balaban J connectivity index is 2.13. The minimum absolute atomic E-state index is 0.149. The van der Waals surface area contributed by atoms with E-state index in [1.807, 2.05) is 49.4 Å². The molecule has 152 valence electrons. The molecule has 2 aromatic rings. The van der Waals surface area contributed by atoms with Gasteiger partial charge < -0.3 is 19.9 Å². The number of aliphatic hydroxyl groups is 1. The molecule has 0 fully saturated rings. The van der Waals surface area contributed by atoms with Gasteiger partial charge in [0.2, 0.25) is 5.91 Å². The van der Waals surface area contributed by atoms with E-state index in [0.717, 1.165) is 17.5 Å². The van der Waals surface area contributed by atoms with Crippen molar-refractivity contribution < 1.29 is 19.4 Å². The molecule has 0 aliphatic carbocycles. The molecule has 0 radical (unpaired) electrons. The Labute approximate surface area is 167 Å². The molecule has 28 heavy (non-hydrogen) atoms. The lowest BCUT2D eigenvalue weighted by Crippen LogP contribution is -2.34. The second kappa shape index (κ2) is 10.7. The summed E-state index contributed by atoms with van der Waals surface area (Å²) in [5, 5.41) is 12.8. The van der Waals surface area contributed by atoms with Gasteiger partial charge in [-0.3, -0.25) is 4.79 Å². The quantitative estimate of drug-likeness (QED) is 0.647. The van der Waals surface area contributed by atoms with E-state index in [2.05, 4.69) is 19.2 Å². The number of hydrogen-bond acceptors (Lipinski definition) is 4. The summed E-state index contributed by atoms with van der Waals surface area (Å²) in [6, 6.07) is 14.5. The Kier molecular flexibility index (Phi) is 8.33. The van der Waals surface area contributed by atoms with E-state index in [4.69, 9.17) is 9.47 Å². The van der Waals surface area contributed by atoms with Gasteiger partial charge in [0, 0.05) is 11.6 Å². The number of ether oxygens (including phenoxy) is 2. The van der Waals surface area contributed by atoms with E-state index in [1.165, 1.54) is 0 Å². The molecule has 2 N–H and O–H groups in total. The van der Waals surface area contributed by atoms with Crippen molar-refractivity contribution in [1.29, 1.82) is 0 Å². The molecule has 2 aromatic carbocycles. The zero-order valence-corrected chi connectivity index (χ0v) is 17.1. The van der Waals surface area contributed by atoms with E-state index in [9.17, 15) is 9.90 Å². The van der Waals surface area contributed by atoms with Crippen LogP contribution in [0.4, 0.5) is 0 Å². The lowest BCUT2D eigenvalue weighted by molar-refractivity contribution is -0.123. The monoisotopic (exact) mass is 385 g/mol. The molecule has 5 heteroatoms. The maximum absolute atomic E-state index is 12.7. The Bertz CT molecular complexity index is 748. The number of rotatable bonds is 10. The molecule has 0 saturated heterocycles. The zero-order chi connectivity index (χ0) is 20.5. The van der Waals surface area contributed by atoms with Gasteiger partial charge in [0.1, 0.15) is 11.5 Å². The average Bonchev–Trinajstić information content (AvgIpc) is 2.75. The summed E-state index contributed by atoms with van der Waals surface area (Å²) in [4.78, 5) is 12.7. The highest BCUT2D eigenvalue weighted by Crippen LogP contribution is 2.30. The highest BCUT2D eigenvalue weighted by atomic mass is 16.5. The van der Waals surface area contributed by atoms with E-state index >= 15 is 0 Å². The van der Waals surface area contributed by atoms with Crippen molar-refractivity contribution in [3.05, 3.63) is 59.7 Å². The second-order valence-corrected chi connectivity index (χ2v) is 7.10. The number of amides is 1. The molecule has 1 amide bonds. The molecule has 0 unspecified atom stereocenters. The van der Waals surface area contributed by atoms with Gasteiger partial charge in [-0.05, 0) is 30.5 Å². The van der Waals surface area contributed by atoms with E-state index in [0.29, 0.717) is 24.0 Å². The number of hydrogen-bond donors (Lipinski definition) is 2. The fourth-order valence-electron chi connectivity index (χ4n) is 2.84. The fourth-order valence-corrected chi connectivity index (χ4v) is 2.84. The highest BCUT2D eigenvalue weighted by Gasteiger charge is 2.22. The van der Waals surface area contributed by atoms with Crippen LogP contribution < -0.4 is 14.8 Å². The van der Waals surface area contributed by atoms with Crippen LogP contribution in [0.5, 0.6) is 11.5 Å². The topological polar surface area (TPSA) is 67.8 Å². The fraction of sp³-hybridized carbons (Fsp3) is 0.435. The lowest BCUT2D eigenvalue weighted by Gasteiger charge is -2.22. The van der Waals surface area contributed by atoms with Crippen molar-refractivity contribution in [2.75, 3.05) is 20.3 Å². The molecule has 0 bridgehead atoms. The summed E-state index contributed by atoms with van der Waals surface area (Å²) < 4.78 is 11.3. The molecule has 5 nitrogen and oxygen atoms in total. The number of carbonyl (C=O) groups excluding carboxylic acids is 1.